The van der Waals surface area contributed by atoms with Gasteiger partial charge in [0, 0.05) is 16.6 Å². The van der Waals surface area contributed by atoms with Gasteiger partial charge in [0.2, 0.25) is 11.8 Å². The molecule has 1 heterocycles. The van der Waals surface area contributed by atoms with E-state index in [4.69, 9.17) is 16.0 Å². The van der Waals surface area contributed by atoms with Crippen LogP contribution in [0.4, 0.5) is 0 Å². The van der Waals surface area contributed by atoms with Crippen LogP contribution in [-0.2, 0) is 16.0 Å². The van der Waals surface area contributed by atoms with E-state index >= 15 is 0 Å². The average Bonchev–Trinajstić information content (AvgIpc) is 3.26. The fraction of sp³-hybridized carbons (Fsp3) is 0.353. The molecule has 24 heavy (non-hydrogen) atoms. The van der Waals surface area contributed by atoms with E-state index in [1.54, 1.807) is 24.3 Å². The van der Waals surface area contributed by atoms with Gasteiger partial charge in [-0.25, -0.2) is 9.78 Å². The summed E-state index contributed by atoms with van der Waals surface area (Å²) in [4.78, 5) is 29.5. The molecule has 1 aromatic carbocycles. The van der Waals surface area contributed by atoms with Crippen LogP contribution in [0.2, 0.25) is 5.02 Å². The quantitative estimate of drug-likeness (QED) is 0.867. The second-order valence-corrected chi connectivity index (χ2v) is 6.31. The molecule has 1 aliphatic carbocycles. The topological polar surface area (TPSA) is 83.6 Å². The zero-order valence-corrected chi connectivity index (χ0v) is 13.9. The summed E-state index contributed by atoms with van der Waals surface area (Å²) in [5.74, 6) is -0.848. The van der Waals surface area contributed by atoms with Crippen molar-refractivity contribution < 1.29 is 19.1 Å². The first kappa shape index (κ1) is 16.5. The van der Waals surface area contributed by atoms with E-state index in [1.807, 2.05) is 0 Å². The van der Waals surface area contributed by atoms with Gasteiger partial charge >= 0.3 is 5.97 Å². The molecule has 1 aliphatic rings. The van der Waals surface area contributed by atoms with Crippen LogP contribution in [0.5, 0.6) is 0 Å². The molecule has 6 nitrogen and oxygen atoms in total. The number of benzene rings is 1. The molecule has 0 spiro atoms. The van der Waals surface area contributed by atoms with Crippen molar-refractivity contribution in [2.45, 2.75) is 38.3 Å². The van der Waals surface area contributed by atoms with Crippen LogP contribution in [0.3, 0.4) is 0 Å². The lowest BCUT2D eigenvalue weighted by molar-refractivity contribution is -0.149. The highest BCUT2D eigenvalue weighted by Gasteiger charge is 2.38. The SMILES string of the molecule is CC(C(=O)O)N(C(=O)Cc1coc(-c2ccc(Cl)cc2)n1)C1CC1. The Balaban J connectivity index is 1.72. The van der Waals surface area contributed by atoms with Crippen LogP contribution < -0.4 is 0 Å². The summed E-state index contributed by atoms with van der Waals surface area (Å²) in [5, 5.41) is 9.79. The summed E-state index contributed by atoms with van der Waals surface area (Å²) in [7, 11) is 0. The molecule has 0 bridgehead atoms. The lowest BCUT2D eigenvalue weighted by atomic mass is 10.2. The lowest BCUT2D eigenvalue weighted by Gasteiger charge is -2.26. The zero-order chi connectivity index (χ0) is 17.3. The lowest BCUT2D eigenvalue weighted by Crippen LogP contribution is -2.45. The Morgan fingerprint density at radius 2 is 2.04 bits per heavy atom. The number of hydrogen-bond acceptors (Lipinski definition) is 4. The molecular weight excluding hydrogens is 332 g/mol. The van der Waals surface area contributed by atoms with Crippen molar-refractivity contribution in [3.63, 3.8) is 0 Å². The number of aromatic nitrogens is 1. The molecule has 2 aromatic rings. The first-order valence-electron chi connectivity index (χ1n) is 7.70. The Kier molecular flexibility index (Phi) is 4.57. The van der Waals surface area contributed by atoms with Gasteiger partial charge in [0.15, 0.2) is 0 Å². The highest BCUT2D eigenvalue weighted by Crippen LogP contribution is 2.29. The number of halogens is 1. The van der Waals surface area contributed by atoms with Gasteiger partial charge in [0.1, 0.15) is 12.3 Å². The van der Waals surface area contributed by atoms with E-state index in [0.717, 1.165) is 18.4 Å². The van der Waals surface area contributed by atoms with E-state index in [0.29, 0.717) is 16.6 Å². The Hall–Kier alpha value is -2.34. The number of amides is 1. The van der Waals surface area contributed by atoms with Crippen molar-refractivity contribution in [2.24, 2.45) is 0 Å². The third-order valence-electron chi connectivity index (χ3n) is 3.98. The molecule has 1 amide bonds. The average molecular weight is 349 g/mol. The van der Waals surface area contributed by atoms with Crippen LogP contribution in [0, 0.1) is 0 Å². The van der Waals surface area contributed by atoms with Crippen molar-refractivity contribution in [3.05, 3.63) is 41.2 Å². The van der Waals surface area contributed by atoms with E-state index in [2.05, 4.69) is 4.98 Å². The van der Waals surface area contributed by atoms with E-state index in [9.17, 15) is 14.7 Å². The van der Waals surface area contributed by atoms with Crippen molar-refractivity contribution in [3.8, 4) is 11.5 Å². The minimum Gasteiger partial charge on any atom is -0.480 e. The Morgan fingerprint density at radius 3 is 2.62 bits per heavy atom. The van der Waals surface area contributed by atoms with E-state index in [-0.39, 0.29) is 18.4 Å². The molecule has 7 heteroatoms. The van der Waals surface area contributed by atoms with Gasteiger partial charge in [-0.15, -0.1) is 0 Å². The third kappa shape index (κ3) is 3.59. The highest BCUT2D eigenvalue weighted by atomic mass is 35.5. The molecule has 1 N–H and O–H groups in total. The van der Waals surface area contributed by atoms with E-state index < -0.39 is 12.0 Å². The van der Waals surface area contributed by atoms with E-state index in [1.165, 1.54) is 18.1 Å². The number of carboxylic acids is 1. The van der Waals surface area contributed by atoms with Gasteiger partial charge in [0.05, 0.1) is 12.1 Å². The summed E-state index contributed by atoms with van der Waals surface area (Å²) in [6, 6.07) is 6.20. The van der Waals surface area contributed by atoms with Crippen LogP contribution in [-0.4, -0.2) is 39.0 Å². The molecule has 0 aliphatic heterocycles. The van der Waals surface area contributed by atoms with Crippen LogP contribution in [0.1, 0.15) is 25.5 Å². The molecule has 1 unspecified atom stereocenters. The first-order chi connectivity index (χ1) is 11.5. The maximum absolute atomic E-state index is 12.5. The summed E-state index contributed by atoms with van der Waals surface area (Å²) < 4.78 is 5.41. The Bertz CT molecular complexity index is 752. The fourth-order valence-corrected chi connectivity index (χ4v) is 2.69. The summed E-state index contributed by atoms with van der Waals surface area (Å²) in [6.45, 7) is 1.53. The van der Waals surface area contributed by atoms with Crippen molar-refractivity contribution in [1.82, 2.24) is 9.88 Å². The summed E-state index contributed by atoms with van der Waals surface area (Å²) >= 11 is 5.85. The maximum atomic E-state index is 12.5. The number of aliphatic carboxylic acids is 1. The molecule has 0 saturated heterocycles. The summed E-state index contributed by atoms with van der Waals surface area (Å²) in [5.41, 5.74) is 1.24. The molecular formula is C17H17ClN2O4. The fourth-order valence-electron chi connectivity index (χ4n) is 2.57. The predicted octanol–water partition coefficient (Wildman–Crippen LogP) is 3.00. The second kappa shape index (κ2) is 6.65. The largest absolute Gasteiger partial charge is 0.480 e. The normalized spacial score (nSPS) is 15.1. The van der Waals surface area contributed by atoms with Gasteiger partial charge in [-0.2, -0.15) is 0 Å². The third-order valence-corrected chi connectivity index (χ3v) is 4.23. The van der Waals surface area contributed by atoms with Gasteiger partial charge in [-0.1, -0.05) is 11.6 Å². The summed E-state index contributed by atoms with van der Waals surface area (Å²) in [6.07, 6.45) is 3.14. The van der Waals surface area contributed by atoms with Crippen molar-refractivity contribution >= 4 is 23.5 Å². The number of rotatable bonds is 6. The molecule has 3 rings (SSSR count). The molecule has 126 valence electrons. The number of nitrogens with zero attached hydrogens (tertiary/aromatic N) is 2. The molecule has 1 saturated carbocycles. The minimum absolute atomic E-state index is 0.0191. The molecule has 1 fully saturated rings. The van der Waals surface area contributed by atoms with Crippen LogP contribution in [0.25, 0.3) is 11.5 Å². The van der Waals surface area contributed by atoms with Crippen LogP contribution >= 0.6 is 11.6 Å². The van der Waals surface area contributed by atoms with Gasteiger partial charge in [0.25, 0.3) is 0 Å². The predicted molar refractivity (Wildman–Crippen MR) is 87.6 cm³/mol. The smallest absolute Gasteiger partial charge is 0.326 e. The Labute approximate surface area is 144 Å². The van der Waals surface area contributed by atoms with Gasteiger partial charge in [-0.05, 0) is 44.0 Å². The molecule has 1 atom stereocenters. The molecule has 1 aromatic heterocycles. The van der Waals surface area contributed by atoms with Crippen molar-refractivity contribution in [2.75, 3.05) is 0 Å². The Morgan fingerprint density at radius 1 is 1.38 bits per heavy atom. The number of carbonyl (C=O) groups is 2. The number of carbonyl (C=O) groups excluding carboxylic acids is 1. The second-order valence-electron chi connectivity index (χ2n) is 5.87. The monoisotopic (exact) mass is 348 g/mol. The first-order valence-corrected chi connectivity index (χ1v) is 8.08. The van der Waals surface area contributed by atoms with Gasteiger partial charge < -0.3 is 14.4 Å². The maximum Gasteiger partial charge on any atom is 0.326 e. The highest BCUT2D eigenvalue weighted by molar-refractivity contribution is 6.30. The standard InChI is InChI=1S/C17H17ClN2O4/c1-10(17(22)23)20(14-6-7-14)15(21)8-13-9-24-16(19-13)11-2-4-12(18)5-3-11/h2-5,9-10,14H,6-8H2,1H3,(H,22,23). The minimum atomic E-state index is -1.00. The molecule has 0 radical (unpaired) electrons. The van der Waals surface area contributed by atoms with Crippen LogP contribution in [0.15, 0.2) is 34.9 Å². The van der Waals surface area contributed by atoms with Gasteiger partial charge in [-0.3, -0.25) is 4.79 Å². The number of oxazole rings is 1. The number of hydrogen-bond donors (Lipinski definition) is 1. The zero-order valence-electron chi connectivity index (χ0n) is 13.1. The number of carboxylic acid groups (broad SMARTS) is 1. The van der Waals surface area contributed by atoms with Crippen molar-refractivity contribution in [1.29, 1.82) is 0 Å².